The van der Waals surface area contributed by atoms with Gasteiger partial charge in [0.2, 0.25) is 11.8 Å². The molecule has 3 N–H and O–H groups in total. The number of hydrogen-bond donors (Lipinski definition) is 2. The summed E-state index contributed by atoms with van der Waals surface area (Å²) in [7, 11) is 0. The molecule has 0 spiro atoms. The maximum absolute atomic E-state index is 5.68. The molecule has 18 heavy (non-hydrogen) atoms. The molecule has 0 fully saturated rings. The van der Waals surface area contributed by atoms with Crippen molar-refractivity contribution in [2.24, 2.45) is 0 Å². The van der Waals surface area contributed by atoms with Crippen molar-refractivity contribution in [2.75, 3.05) is 5.73 Å². The molecule has 0 aliphatic carbocycles. The third kappa shape index (κ3) is 1.98. The van der Waals surface area contributed by atoms with Crippen LogP contribution in [0.5, 0.6) is 5.88 Å². The summed E-state index contributed by atoms with van der Waals surface area (Å²) < 4.78 is 5.68. The Hall–Kier alpha value is -2.56. The average molecular weight is 240 g/mol. The topological polar surface area (TPSA) is 76.8 Å². The summed E-state index contributed by atoms with van der Waals surface area (Å²) >= 11 is 0. The van der Waals surface area contributed by atoms with Crippen LogP contribution in [0.2, 0.25) is 0 Å². The van der Waals surface area contributed by atoms with E-state index in [-0.39, 0.29) is 5.95 Å². The number of nitrogens with zero attached hydrogens (tertiary/aromatic N) is 2. The number of aromatic nitrogens is 3. The van der Waals surface area contributed by atoms with Gasteiger partial charge in [-0.25, -0.2) is 4.98 Å². The Labute approximate surface area is 104 Å². The Morgan fingerprint density at radius 3 is 2.78 bits per heavy atom. The molecular weight excluding hydrogens is 228 g/mol. The van der Waals surface area contributed by atoms with Gasteiger partial charge in [-0.3, -0.25) is 0 Å². The molecule has 0 unspecified atom stereocenters. The molecule has 3 aromatic rings. The lowest BCUT2D eigenvalue weighted by Crippen LogP contribution is -2.01. The van der Waals surface area contributed by atoms with E-state index in [0.717, 1.165) is 16.6 Å². The van der Waals surface area contributed by atoms with Gasteiger partial charge in [0.25, 0.3) is 0 Å². The predicted molar refractivity (Wildman–Crippen MR) is 69.1 cm³/mol. The molecule has 1 aromatic carbocycles. The first-order valence-corrected chi connectivity index (χ1v) is 5.60. The Morgan fingerprint density at radius 1 is 1.11 bits per heavy atom. The van der Waals surface area contributed by atoms with Crippen molar-refractivity contribution in [3.8, 4) is 5.88 Å². The highest BCUT2D eigenvalue weighted by molar-refractivity contribution is 5.80. The molecule has 0 aliphatic rings. The summed E-state index contributed by atoms with van der Waals surface area (Å²) in [5, 5.41) is 0. The normalized spacial score (nSPS) is 10.7. The van der Waals surface area contributed by atoms with Crippen molar-refractivity contribution in [2.45, 2.75) is 6.61 Å². The number of rotatable bonds is 3. The smallest absolute Gasteiger partial charge is 0.243 e. The molecule has 0 saturated heterocycles. The van der Waals surface area contributed by atoms with Crippen molar-refractivity contribution >= 4 is 17.0 Å². The molecule has 0 aliphatic heterocycles. The maximum Gasteiger partial charge on any atom is 0.243 e. The van der Waals surface area contributed by atoms with E-state index in [1.807, 2.05) is 36.4 Å². The number of hydrogen-bond acceptors (Lipinski definition) is 4. The number of ether oxygens (including phenoxy) is 1. The lowest BCUT2D eigenvalue weighted by Gasteiger charge is -2.06. The van der Waals surface area contributed by atoms with Gasteiger partial charge in [0.05, 0.1) is 5.52 Å². The summed E-state index contributed by atoms with van der Waals surface area (Å²) in [6, 6.07) is 11.7. The number of H-pyrrole nitrogens is 1. The van der Waals surface area contributed by atoms with Crippen LogP contribution in [0.15, 0.2) is 42.6 Å². The molecular formula is C13H12N4O. The monoisotopic (exact) mass is 240 g/mol. The molecule has 0 atom stereocenters. The van der Waals surface area contributed by atoms with E-state index in [2.05, 4.69) is 15.0 Å². The van der Waals surface area contributed by atoms with Crippen LogP contribution in [-0.2, 0) is 6.61 Å². The lowest BCUT2D eigenvalue weighted by atomic mass is 10.2. The second-order valence-electron chi connectivity index (χ2n) is 3.90. The quantitative estimate of drug-likeness (QED) is 0.735. The molecule has 0 amide bonds. The predicted octanol–water partition coefficient (Wildman–Crippen LogP) is 2.12. The minimum atomic E-state index is 0.213. The number of benzene rings is 1. The van der Waals surface area contributed by atoms with Gasteiger partial charge in [0.1, 0.15) is 12.1 Å². The average Bonchev–Trinajstić information content (AvgIpc) is 2.85. The fourth-order valence-corrected chi connectivity index (χ4v) is 1.76. The fraction of sp³-hybridized carbons (Fsp3) is 0.0769. The van der Waals surface area contributed by atoms with Crippen molar-refractivity contribution < 1.29 is 4.74 Å². The minimum Gasteiger partial charge on any atom is -0.471 e. The minimum absolute atomic E-state index is 0.213. The van der Waals surface area contributed by atoms with Gasteiger partial charge in [0.15, 0.2) is 0 Å². The Kier molecular flexibility index (Phi) is 2.57. The molecule has 2 aromatic heterocycles. The Bertz CT molecular complexity index is 663. The van der Waals surface area contributed by atoms with Crippen molar-refractivity contribution in [1.29, 1.82) is 0 Å². The van der Waals surface area contributed by atoms with Crippen molar-refractivity contribution in [1.82, 2.24) is 15.0 Å². The first-order valence-electron chi connectivity index (χ1n) is 5.60. The number of nitrogen functional groups attached to an aromatic ring is 1. The van der Waals surface area contributed by atoms with Crippen LogP contribution in [-0.4, -0.2) is 15.0 Å². The summed E-state index contributed by atoms with van der Waals surface area (Å²) in [5.41, 5.74) is 8.23. The number of nitrogens with two attached hydrogens (primary N) is 1. The second-order valence-corrected chi connectivity index (χ2v) is 3.90. The van der Waals surface area contributed by atoms with Crippen molar-refractivity contribution in [3.63, 3.8) is 0 Å². The van der Waals surface area contributed by atoms with Gasteiger partial charge < -0.3 is 15.5 Å². The SMILES string of the molecule is Nc1nc(OCc2ccccc2)c2[nH]ccc2n1. The van der Waals surface area contributed by atoms with Crippen LogP contribution in [0.25, 0.3) is 11.0 Å². The van der Waals surface area contributed by atoms with E-state index in [4.69, 9.17) is 10.5 Å². The van der Waals surface area contributed by atoms with Crippen LogP contribution in [0.3, 0.4) is 0 Å². The molecule has 5 heteroatoms. The van der Waals surface area contributed by atoms with Gasteiger partial charge >= 0.3 is 0 Å². The third-order valence-corrected chi connectivity index (χ3v) is 2.61. The molecule has 2 heterocycles. The molecule has 0 radical (unpaired) electrons. The second kappa shape index (κ2) is 4.37. The number of aromatic amines is 1. The van der Waals surface area contributed by atoms with E-state index in [9.17, 15) is 0 Å². The van der Waals surface area contributed by atoms with E-state index >= 15 is 0 Å². The standard InChI is InChI=1S/C13H12N4O/c14-13-16-10-6-7-15-11(10)12(17-13)18-8-9-4-2-1-3-5-9/h1-7,15H,8H2,(H2,14,16,17). The van der Waals surface area contributed by atoms with Crippen LogP contribution in [0.1, 0.15) is 5.56 Å². The van der Waals surface area contributed by atoms with Gasteiger partial charge in [-0.05, 0) is 11.6 Å². The fourth-order valence-electron chi connectivity index (χ4n) is 1.76. The van der Waals surface area contributed by atoms with Gasteiger partial charge in [-0.2, -0.15) is 4.98 Å². The highest BCUT2D eigenvalue weighted by atomic mass is 16.5. The highest BCUT2D eigenvalue weighted by Gasteiger charge is 2.08. The third-order valence-electron chi connectivity index (χ3n) is 2.61. The van der Waals surface area contributed by atoms with E-state index in [1.54, 1.807) is 6.20 Å². The lowest BCUT2D eigenvalue weighted by molar-refractivity contribution is 0.297. The van der Waals surface area contributed by atoms with Gasteiger partial charge in [0, 0.05) is 6.20 Å². The molecule has 0 bridgehead atoms. The van der Waals surface area contributed by atoms with Gasteiger partial charge in [-0.1, -0.05) is 30.3 Å². The number of anilines is 1. The summed E-state index contributed by atoms with van der Waals surface area (Å²) in [6.45, 7) is 0.450. The summed E-state index contributed by atoms with van der Waals surface area (Å²) in [6.07, 6.45) is 1.79. The molecule has 0 saturated carbocycles. The Morgan fingerprint density at radius 2 is 1.94 bits per heavy atom. The van der Waals surface area contributed by atoms with Crippen LogP contribution < -0.4 is 10.5 Å². The zero-order valence-electron chi connectivity index (χ0n) is 9.63. The van der Waals surface area contributed by atoms with Crippen molar-refractivity contribution in [3.05, 3.63) is 48.2 Å². The van der Waals surface area contributed by atoms with Crippen LogP contribution in [0.4, 0.5) is 5.95 Å². The highest BCUT2D eigenvalue weighted by Crippen LogP contribution is 2.22. The van der Waals surface area contributed by atoms with Crippen LogP contribution in [0, 0.1) is 0 Å². The first-order chi connectivity index (χ1) is 8.83. The summed E-state index contributed by atoms with van der Waals surface area (Å²) in [5.74, 6) is 0.691. The molecule has 90 valence electrons. The zero-order valence-corrected chi connectivity index (χ0v) is 9.63. The zero-order chi connectivity index (χ0) is 12.4. The maximum atomic E-state index is 5.68. The van der Waals surface area contributed by atoms with E-state index in [0.29, 0.717) is 12.5 Å². The first kappa shape index (κ1) is 10.6. The summed E-state index contributed by atoms with van der Waals surface area (Å²) in [4.78, 5) is 11.3. The van der Waals surface area contributed by atoms with E-state index < -0.39 is 0 Å². The van der Waals surface area contributed by atoms with Gasteiger partial charge in [-0.15, -0.1) is 0 Å². The number of nitrogens with one attached hydrogen (secondary N) is 1. The van der Waals surface area contributed by atoms with Crippen LogP contribution >= 0.6 is 0 Å². The molecule has 5 nitrogen and oxygen atoms in total. The largest absolute Gasteiger partial charge is 0.471 e. The number of fused-ring (bicyclic) bond motifs is 1. The van der Waals surface area contributed by atoms with E-state index in [1.165, 1.54) is 0 Å². The Balaban J connectivity index is 1.88. The molecule has 3 rings (SSSR count).